The smallest absolute Gasteiger partial charge is 0.252 e. The molecule has 80 valence electrons. The molecule has 0 radical (unpaired) electrons. The summed E-state index contributed by atoms with van der Waals surface area (Å²) in [6, 6.07) is 4.47. The van der Waals surface area contributed by atoms with Gasteiger partial charge in [0.15, 0.2) is 0 Å². The van der Waals surface area contributed by atoms with Crippen LogP contribution < -0.4 is 5.73 Å². The van der Waals surface area contributed by atoms with E-state index in [0.717, 1.165) is 12.8 Å². The predicted octanol–water partition coefficient (Wildman–Crippen LogP) is 2.74. The summed E-state index contributed by atoms with van der Waals surface area (Å²) in [5.41, 5.74) is 5.61. The lowest BCUT2D eigenvalue weighted by molar-refractivity contribution is 0.0996. The summed E-state index contributed by atoms with van der Waals surface area (Å²) in [6.07, 6.45) is 5.54. The molecular weight excluding hydrogens is 193 g/mol. The van der Waals surface area contributed by atoms with Gasteiger partial charge in [-0.15, -0.1) is 0 Å². The second kappa shape index (κ2) is 5.29. The van der Waals surface area contributed by atoms with Gasteiger partial charge in [0, 0.05) is 0 Å². The number of unbranched alkanes of at least 4 members (excludes halogenated alkanes) is 1. The third-order valence-electron chi connectivity index (χ3n) is 2.04. The number of hydrogen-bond donors (Lipinski definition) is 1. The number of allylic oxidation sites excluding steroid dienone is 1. The fourth-order valence-electron chi connectivity index (χ4n) is 1.32. The van der Waals surface area contributed by atoms with E-state index in [2.05, 4.69) is 0 Å². The van der Waals surface area contributed by atoms with Crippen LogP contribution in [0, 0.1) is 5.82 Å². The molecule has 0 unspecified atom stereocenters. The molecule has 0 aliphatic carbocycles. The second-order valence-corrected chi connectivity index (χ2v) is 3.26. The zero-order valence-electron chi connectivity index (χ0n) is 8.66. The van der Waals surface area contributed by atoms with Gasteiger partial charge >= 0.3 is 0 Å². The van der Waals surface area contributed by atoms with Crippen molar-refractivity contribution in [1.82, 2.24) is 0 Å². The molecule has 0 saturated carbocycles. The highest BCUT2D eigenvalue weighted by Gasteiger charge is 2.11. The van der Waals surface area contributed by atoms with E-state index in [9.17, 15) is 9.18 Å². The van der Waals surface area contributed by atoms with Crippen molar-refractivity contribution >= 4 is 12.0 Å². The van der Waals surface area contributed by atoms with Crippen LogP contribution in [0.1, 0.15) is 35.7 Å². The van der Waals surface area contributed by atoms with Crippen molar-refractivity contribution in [3.63, 3.8) is 0 Å². The summed E-state index contributed by atoms with van der Waals surface area (Å²) in [4.78, 5) is 11.0. The summed E-state index contributed by atoms with van der Waals surface area (Å²) in [5, 5.41) is 0. The van der Waals surface area contributed by atoms with Crippen LogP contribution in [-0.2, 0) is 0 Å². The number of nitrogens with two attached hydrogens (primary N) is 1. The van der Waals surface area contributed by atoms with Crippen LogP contribution in [0.2, 0.25) is 0 Å². The average Bonchev–Trinajstić information content (AvgIpc) is 2.17. The van der Waals surface area contributed by atoms with E-state index in [1.807, 2.05) is 13.0 Å². The van der Waals surface area contributed by atoms with Gasteiger partial charge in [0.1, 0.15) is 5.82 Å². The second-order valence-electron chi connectivity index (χ2n) is 3.26. The fourth-order valence-corrected chi connectivity index (χ4v) is 1.32. The van der Waals surface area contributed by atoms with Crippen LogP contribution in [0.25, 0.3) is 6.08 Å². The molecule has 1 aromatic carbocycles. The Morgan fingerprint density at radius 3 is 2.87 bits per heavy atom. The van der Waals surface area contributed by atoms with Crippen LogP contribution in [0.15, 0.2) is 24.3 Å². The Hall–Kier alpha value is -1.64. The maximum atomic E-state index is 13.3. The van der Waals surface area contributed by atoms with E-state index in [1.165, 1.54) is 6.07 Å². The molecule has 0 bridgehead atoms. The largest absolute Gasteiger partial charge is 0.365 e. The van der Waals surface area contributed by atoms with Gasteiger partial charge in [-0.2, -0.15) is 0 Å². The lowest BCUT2D eigenvalue weighted by Gasteiger charge is -2.02. The van der Waals surface area contributed by atoms with E-state index in [-0.39, 0.29) is 5.56 Å². The molecule has 0 spiro atoms. The summed E-state index contributed by atoms with van der Waals surface area (Å²) in [6.45, 7) is 2.05. The van der Waals surface area contributed by atoms with E-state index < -0.39 is 11.7 Å². The minimum absolute atomic E-state index is 0.0372. The van der Waals surface area contributed by atoms with Crippen LogP contribution >= 0.6 is 0 Å². The van der Waals surface area contributed by atoms with Crippen molar-refractivity contribution in [3.8, 4) is 0 Å². The first-order chi connectivity index (χ1) is 7.16. The molecule has 0 heterocycles. The van der Waals surface area contributed by atoms with Crippen LogP contribution in [0.4, 0.5) is 4.39 Å². The number of carbonyl (C=O) groups is 1. The minimum atomic E-state index is -0.732. The van der Waals surface area contributed by atoms with Gasteiger partial charge in [-0.1, -0.05) is 37.6 Å². The topological polar surface area (TPSA) is 43.1 Å². The van der Waals surface area contributed by atoms with E-state index >= 15 is 0 Å². The van der Waals surface area contributed by atoms with Crippen LogP contribution in [-0.4, -0.2) is 5.91 Å². The molecule has 15 heavy (non-hydrogen) atoms. The normalized spacial score (nSPS) is 10.8. The van der Waals surface area contributed by atoms with E-state index in [1.54, 1.807) is 18.2 Å². The molecule has 0 atom stereocenters. The summed E-state index contributed by atoms with van der Waals surface area (Å²) in [7, 11) is 0. The minimum Gasteiger partial charge on any atom is -0.365 e. The Labute approximate surface area is 88.6 Å². The van der Waals surface area contributed by atoms with Crippen LogP contribution in [0.5, 0.6) is 0 Å². The van der Waals surface area contributed by atoms with Gasteiger partial charge in [-0.3, -0.25) is 4.79 Å². The Morgan fingerprint density at radius 2 is 2.27 bits per heavy atom. The molecule has 1 amide bonds. The lowest BCUT2D eigenvalue weighted by Crippen LogP contribution is -2.14. The van der Waals surface area contributed by atoms with Gasteiger partial charge in [0.25, 0.3) is 5.91 Å². The number of primary amides is 1. The number of halogens is 1. The SMILES string of the molecule is CCCC=Cc1cccc(F)c1C(N)=O. The standard InChI is InChI=1S/C12H14FNO/c1-2-3-4-6-9-7-5-8-10(13)11(9)12(14)15/h4-8H,2-3H2,1H3,(H2,14,15). The molecule has 1 rings (SSSR count). The average molecular weight is 207 g/mol. The van der Waals surface area contributed by atoms with Gasteiger partial charge in [-0.05, 0) is 18.1 Å². The highest BCUT2D eigenvalue weighted by atomic mass is 19.1. The molecule has 0 saturated heterocycles. The summed E-state index contributed by atoms with van der Waals surface area (Å²) in [5.74, 6) is -1.30. The highest BCUT2D eigenvalue weighted by Crippen LogP contribution is 2.15. The predicted molar refractivity (Wildman–Crippen MR) is 58.9 cm³/mol. The maximum Gasteiger partial charge on any atom is 0.252 e. The molecule has 2 N–H and O–H groups in total. The van der Waals surface area contributed by atoms with Gasteiger partial charge in [0.2, 0.25) is 0 Å². The first-order valence-corrected chi connectivity index (χ1v) is 4.91. The van der Waals surface area contributed by atoms with Crippen molar-refractivity contribution in [1.29, 1.82) is 0 Å². The van der Waals surface area contributed by atoms with Crippen molar-refractivity contribution in [3.05, 3.63) is 41.2 Å². The zero-order valence-corrected chi connectivity index (χ0v) is 8.66. The number of benzene rings is 1. The quantitative estimate of drug-likeness (QED) is 0.810. The lowest BCUT2D eigenvalue weighted by atomic mass is 10.1. The zero-order chi connectivity index (χ0) is 11.3. The number of hydrogen-bond acceptors (Lipinski definition) is 1. The molecular formula is C12H14FNO. The Kier molecular flexibility index (Phi) is 4.03. The number of rotatable bonds is 4. The third-order valence-corrected chi connectivity index (χ3v) is 2.04. The van der Waals surface area contributed by atoms with Gasteiger partial charge in [0.05, 0.1) is 5.56 Å². The molecule has 0 aliphatic rings. The Bertz CT molecular complexity index is 385. The fraction of sp³-hybridized carbons (Fsp3) is 0.250. The first kappa shape index (κ1) is 11.4. The molecule has 1 aromatic rings. The molecule has 0 fully saturated rings. The Balaban J connectivity index is 3.06. The first-order valence-electron chi connectivity index (χ1n) is 4.91. The van der Waals surface area contributed by atoms with Gasteiger partial charge in [-0.25, -0.2) is 4.39 Å². The highest BCUT2D eigenvalue weighted by molar-refractivity contribution is 5.96. The Morgan fingerprint density at radius 1 is 1.53 bits per heavy atom. The van der Waals surface area contributed by atoms with Crippen molar-refractivity contribution in [2.45, 2.75) is 19.8 Å². The van der Waals surface area contributed by atoms with Crippen molar-refractivity contribution in [2.75, 3.05) is 0 Å². The summed E-state index contributed by atoms with van der Waals surface area (Å²) < 4.78 is 13.3. The molecule has 0 aliphatic heterocycles. The molecule has 2 nitrogen and oxygen atoms in total. The van der Waals surface area contributed by atoms with E-state index in [4.69, 9.17) is 5.73 Å². The monoisotopic (exact) mass is 207 g/mol. The van der Waals surface area contributed by atoms with E-state index in [0.29, 0.717) is 5.56 Å². The third kappa shape index (κ3) is 2.91. The molecule has 0 aromatic heterocycles. The number of carbonyl (C=O) groups excluding carboxylic acids is 1. The van der Waals surface area contributed by atoms with Gasteiger partial charge < -0.3 is 5.73 Å². The van der Waals surface area contributed by atoms with Crippen molar-refractivity contribution in [2.24, 2.45) is 5.73 Å². The summed E-state index contributed by atoms with van der Waals surface area (Å²) >= 11 is 0. The maximum absolute atomic E-state index is 13.3. The molecule has 3 heteroatoms. The van der Waals surface area contributed by atoms with Crippen molar-refractivity contribution < 1.29 is 9.18 Å². The van der Waals surface area contributed by atoms with Crippen LogP contribution in [0.3, 0.4) is 0 Å². The number of amides is 1.